The van der Waals surface area contributed by atoms with Crippen molar-refractivity contribution in [3.63, 3.8) is 0 Å². The van der Waals surface area contributed by atoms with Gasteiger partial charge in [0.2, 0.25) is 0 Å². The van der Waals surface area contributed by atoms with Gasteiger partial charge in [-0.05, 0) is 36.4 Å². The highest BCUT2D eigenvalue weighted by Gasteiger charge is 2.22. The third-order valence-electron chi connectivity index (χ3n) is 4.18. The van der Waals surface area contributed by atoms with Crippen molar-refractivity contribution in [2.45, 2.75) is 10.6 Å². The highest BCUT2D eigenvalue weighted by Crippen LogP contribution is 2.27. The van der Waals surface area contributed by atoms with E-state index in [1.807, 2.05) is 48.5 Å². The minimum absolute atomic E-state index is 0.0868. The first-order valence-corrected chi connectivity index (χ1v) is 9.69. The summed E-state index contributed by atoms with van der Waals surface area (Å²) in [6.45, 7) is 0. The Bertz CT molecular complexity index is 1170. The summed E-state index contributed by atoms with van der Waals surface area (Å²) in [6.07, 6.45) is 1.80. The Morgan fingerprint density at radius 2 is 1.58 bits per heavy atom. The fraction of sp³-hybridized carbons (Fsp3) is 0.0500. The Hall–Kier alpha value is -2.99. The van der Waals surface area contributed by atoms with Gasteiger partial charge in [0.05, 0.1) is 22.0 Å². The molecule has 2 aromatic heterocycles. The number of imidazole rings is 1. The van der Waals surface area contributed by atoms with E-state index in [1.54, 1.807) is 10.6 Å². The van der Waals surface area contributed by atoms with Crippen LogP contribution in [-0.4, -0.2) is 17.8 Å². The standard InChI is InChI=1S/C20H15FN2O2S/c21-16-9-11-17(12-10-16)26(24,25)14-18-20(15-6-2-1-3-7-15)22-19-8-4-5-13-23(18)19/h1-13H,14H2. The maximum absolute atomic E-state index is 13.1. The monoisotopic (exact) mass is 366 g/mol. The molecule has 0 saturated carbocycles. The fourth-order valence-electron chi connectivity index (χ4n) is 2.92. The van der Waals surface area contributed by atoms with Crippen LogP contribution in [0.4, 0.5) is 4.39 Å². The van der Waals surface area contributed by atoms with Crippen LogP contribution in [-0.2, 0) is 15.6 Å². The zero-order chi connectivity index (χ0) is 18.1. The van der Waals surface area contributed by atoms with Crippen molar-refractivity contribution >= 4 is 15.5 Å². The van der Waals surface area contributed by atoms with Gasteiger partial charge in [0.25, 0.3) is 0 Å². The first-order chi connectivity index (χ1) is 12.5. The van der Waals surface area contributed by atoms with Crippen molar-refractivity contribution in [2.75, 3.05) is 0 Å². The number of benzene rings is 2. The second-order valence-electron chi connectivity index (χ2n) is 5.91. The molecule has 0 radical (unpaired) electrons. The molecule has 2 heterocycles. The van der Waals surface area contributed by atoms with Crippen LogP contribution in [0.3, 0.4) is 0 Å². The number of pyridine rings is 1. The molecule has 26 heavy (non-hydrogen) atoms. The maximum atomic E-state index is 13.1. The van der Waals surface area contributed by atoms with Gasteiger partial charge in [-0.15, -0.1) is 0 Å². The lowest BCUT2D eigenvalue weighted by atomic mass is 10.1. The molecule has 0 unspecified atom stereocenters. The average molecular weight is 366 g/mol. The smallest absolute Gasteiger partial charge is 0.184 e. The molecule has 0 aliphatic carbocycles. The molecule has 2 aromatic carbocycles. The van der Waals surface area contributed by atoms with Gasteiger partial charge in [-0.3, -0.25) is 0 Å². The van der Waals surface area contributed by atoms with Gasteiger partial charge in [0.1, 0.15) is 11.5 Å². The van der Waals surface area contributed by atoms with Gasteiger partial charge < -0.3 is 4.40 Å². The molecule has 0 N–H and O–H groups in total. The molecule has 0 aliphatic rings. The van der Waals surface area contributed by atoms with Crippen molar-refractivity contribution < 1.29 is 12.8 Å². The summed E-state index contributed by atoms with van der Waals surface area (Å²) in [7, 11) is -3.65. The zero-order valence-electron chi connectivity index (χ0n) is 13.7. The van der Waals surface area contributed by atoms with Gasteiger partial charge >= 0.3 is 0 Å². The summed E-state index contributed by atoms with van der Waals surface area (Å²) in [5.74, 6) is -0.697. The molecule has 4 rings (SSSR count). The van der Waals surface area contributed by atoms with Gasteiger partial charge in [0.15, 0.2) is 9.84 Å². The molecule has 0 bridgehead atoms. The second kappa shape index (κ2) is 6.38. The topological polar surface area (TPSA) is 51.4 Å². The number of fused-ring (bicyclic) bond motifs is 1. The molecular weight excluding hydrogens is 351 g/mol. The average Bonchev–Trinajstić information content (AvgIpc) is 3.01. The number of halogens is 1. The van der Waals surface area contributed by atoms with Gasteiger partial charge in [-0.25, -0.2) is 17.8 Å². The number of hydrogen-bond donors (Lipinski definition) is 0. The molecule has 4 aromatic rings. The number of nitrogens with zero attached hydrogens (tertiary/aromatic N) is 2. The minimum Gasteiger partial charge on any atom is -0.302 e. The zero-order valence-corrected chi connectivity index (χ0v) is 14.5. The number of aromatic nitrogens is 2. The quantitative estimate of drug-likeness (QED) is 0.511. The third-order valence-corrected chi connectivity index (χ3v) is 5.82. The molecule has 4 nitrogen and oxygen atoms in total. The third kappa shape index (κ3) is 2.99. The highest BCUT2D eigenvalue weighted by molar-refractivity contribution is 7.90. The van der Waals surface area contributed by atoms with Crippen LogP contribution in [0.25, 0.3) is 16.9 Å². The molecule has 0 amide bonds. The van der Waals surface area contributed by atoms with E-state index >= 15 is 0 Å². The molecule has 0 fully saturated rings. The molecule has 6 heteroatoms. The van der Waals surface area contributed by atoms with E-state index in [1.165, 1.54) is 12.1 Å². The van der Waals surface area contributed by atoms with E-state index in [-0.39, 0.29) is 10.6 Å². The lowest BCUT2D eigenvalue weighted by molar-refractivity contribution is 0.593. The Morgan fingerprint density at radius 3 is 2.31 bits per heavy atom. The van der Waals surface area contributed by atoms with Crippen LogP contribution in [0, 0.1) is 5.82 Å². The van der Waals surface area contributed by atoms with Gasteiger partial charge in [0, 0.05) is 11.8 Å². The van der Waals surface area contributed by atoms with E-state index in [4.69, 9.17) is 0 Å². The van der Waals surface area contributed by atoms with Crippen molar-refractivity contribution in [1.82, 2.24) is 9.38 Å². The predicted octanol–water partition coefficient (Wildman–Crippen LogP) is 4.11. The number of hydrogen-bond acceptors (Lipinski definition) is 3. The van der Waals surface area contributed by atoms with Crippen LogP contribution in [0.15, 0.2) is 83.9 Å². The summed E-state index contributed by atoms with van der Waals surface area (Å²) in [6, 6.07) is 19.9. The molecule has 0 saturated heterocycles. The van der Waals surface area contributed by atoms with E-state index in [9.17, 15) is 12.8 Å². The van der Waals surface area contributed by atoms with Gasteiger partial charge in [-0.2, -0.15) is 0 Å². The van der Waals surface area contributed by atoms with E-state index in [0.29, 0.717) is 17.0 Å². The molecule has 0 spiro atoms. The lowest BCUT2D eigenvalue weighted by Crippen LogP contribution is -2.08. The Morgan fingerprint density at radius 1 is 0.885 bits per heavy atom. The van der Waals surface area contributed by atoms with Crippen LogP contribution >= 0.6 is 0 Å². The van der Waals surface area contributed by atoms with Crippen LogP contribution in [0.5, 0.6) is 0 Å². The summed E-state index contributed by atoms with van der Waals surface area (Å²) >= 11 is 0. The summed E-state index contributed by atoms with van der Waals surface area (Å²) in [5.41, 5.74) is 2.73. The van der Waals surface area contributed by atoms with E-state index in [2.05, 4.69) is 4.98 Å². The van der Waals surface area contributed by atoms with Crippen molar-refractivity contribution in [1.29, 1.82) is 0 Å². The fourth-order valence-corrected chi connectivity index (χ4v) is 4.27. The van der Waals surface area contributed by atoms with Crippen molar-refractivity contribution in [2.24, 2.45) is 0 Å². The SMILES string of the molecule is O=S(=O)(Cc1c(-c2ccccc2)nc2ccccn12)c1ccc(F)cc1. The first-order valence-electron chi connectivity index (χ1n) is 8.04. The Balaban J connectivity index is 1.86. The summed E-state index contributed by atoms with van der Waals surface area (Å²) in [4.78, 5) is 4.70. The van der Waals surface area contributed by atoms with Gasteiger partial charge in [-0.1, -0.05) is 36.4 Å². The van der Waals surface area contributed by atoms with E-state index in [0.717, 1.165) is 17.7 Å². The summed E-state index contributed by atoms with van der Waals surface area (Å²) in [5, 5.41) is 0. The Labute approximate surface area is 150 Å². The molecule has 130 valence electrons. The predicted molar refractivity (Wildman–Crippen MR) is 97.9 cm³/mol. The first kappa shape index (κ1) is 16.5. The summed E-state index contributed by atoms with van der Waals surface area (Å²) < 4.78 is 40.7. The Kier molecular flexibility index (Phi) is 4.05. The minimum atomic E-state index is -3.65. The molecular formula is C20H15FN2O2S. The largest absolute Gasteiger partial charge is 0.302 e. The van der Waals surface area contributed by atoms with Crippen LogP contribution < -0.4 is 0 Å². The molecule has 0 aliphatic heterocycles. The van der Waals surface area contributed by atoms with Crippen molar-refractivity contribution in [3.8, 4) is 11.3 Å². The normalized spacial score (nSPS) is 11.7. The lowest BCUT2D eigenvalue weighted by Gasteiger charge is -2.07. The highest BCUT2D eigenvalue weighted by atomic mass is 32.2. The van der Waals surface area contributed by atoms with Crippen molar-refractivity contribution in [3.05, 3.63) is 90.5 Å². The van der Waals surface area contributed by atoms with E-state index < -0.39 is 15.7 Å². The second-order valence-corrected chi connectivity index (χ2v) is 7.90. The number of rotatable bonds is 4. The maximum Gasteiger partial charge on any atom is 0.184 e. The van der Waals surface area contributed by atoms with Crippen LogP contribution in [0.1, 0.15) is 5.69 Å². The molecule has 0 atom stereocenters. The van der Waals surface area contributed by atoms with Crippen LogP contribution in [0.2, 0.25) is 0 Å². The number of sulfone groups is 1.